The van der Waals surface area contributed by atoms with E-state index in [1.54, 1.807) is 36.7 Å². The van der Waals surface area contributed by atoms with Crippen LogP contribution in [0.5, 0.6) is 0 Å². The van der Waals surface area contributed by atoms with E-state index in [2.05, 4.69) is 10.3 Å². The van der Waals surface area contributed by atoms with Crippen LogP contribution in [0.3, 0.4) is 0 Å². The molecule has 1 N–H and O–H groups in total. The van der Waals surface area contributed by atoms with Gasteiger partial charge in [0.2, 0.25) is 15.9 Å². The van der Waals surface area contributed by atoms with Crippen LogP contribution in [0.1, 0.15) is 5.56 Å². The summed E-state index contributed by atoms with van der Waals surface area (Å²) >= 11 is 11.8. The van der Waals surface area contributed by atoms with E-state index in [1.165, 1.54) is 6.07 Å². The molecular weight excluding hydrogens is 373 g/mol. The van der Waals surface area contributed by atoms with Crippen molar-refractivity contribution in [3.63, 3.8) is 0 Å². The Morgan fingerprint density at radius 3 is 2.50 bits per heavy atom. The van der Waals surface area contributed by atoms with Crippen LogP contribution in [0.4, 0.5) is 5.69 Å². The zero-order chi connectivity index (χ0) is 17.7. The Morgan fingerprint density at radius 1 is 1.21 bits per heavy atom. The summed E-state index contributed by atoms with van der Waals surface area (Å²) in [6.45, 7) is -0.276. The van der Waals surface area contributed by atoms with Crippen LogP contribution in [0, 0.1) is 0 Å². The quantitative estimate of drug-likeness (QED) is 0.826. The second-order valence-corrected chi connectivity index (χ2v) is 7.88. The van der Waals surface area contributed by atoms with E-state index >= 15 is 0 Å². The van der Waals surface area contributed by atoms with E-state index in [0.29, 0.717) is 15.7 Å². The van der Waals surface area contributed by atoms with E-state index in [9.17, 15) is 13.2 Å². The summed E-state index contributed by atoms with van der Waals surface area (Å²) in [5.41, 5.74) is 1.05. The first-order valence-electron chi connectivity index (χ1n) is 6.84. The van der Waals surface area contributed by atoms with Gasteiger partial charge in [-0.05, 0) is 35.9 Å². The first-order valence-corrected chi connectivity index (χ1v) is 9.45. The first-order chi connectivity index (χ1) is 11.3. The normalized spacial score (nSPS) is 11.5. The summed E-state index contributed by atoms with van der Waals surface area (Å²) in [5, 5.41) is 3.29. The molecule has 9 heteroatoms. The predicted molar refractivity (Wildman–Crippen MR) is 94.6 cm³/mol. The maximum Gasteiger partial charge on any atom is 0.239 e. The smallest absolute Gasteiger partial charge is 0.239 e. The fraction of sp³-hybridized carbons (Fsp3) is 0.200. The van der Waals surface area contributed by atoms with Gasteiger partial charge in [-0.3, -0.25) is 9.78 Å². The lowest BCUT2D eigenvalue weighted by Gasteiger charge is -2.19. The molecule has 0 aliphatic rings. The molecule has 0 fully saturated rings. The minimum atomic E-state index is -3.58. The molecular formula is C15H15Cl2N3O3S. The van der Waals surface area contributed by atoms with Crippen LogP contribution in [0.25, 0.3) is 0 Å². The van der Waals surface area contributed by atoms with Gasteiger partial charge in [0.1, 0.15) is 0 Å². The number of carbonyl (C=O) groups is 1. The third kappa shape index (κ3) is 5.45. The average Bonchev–Trinajstić information content (AvgIpc) is 2.50. The lowest BCUT2D eigenvalue weighted by Crippen LogP contribution is -2.36. The van der Waals surface area contributed by atoms with Crippen LogP contribution >= 0.6 is 23.2 Å². The van der Waals surface area contributed by atoms with Crippen molar-refractivity contribution in [2.24, 2.45) is 0 Å². The molecule has 0 unspecified atom stereocenters. The Balaban J connectivity index is 2.12. The highest BCUT2D eigenvalue weighted by atomic mass is 35.5. The number of hydrogen-bond acceptors (Lipinski definition) is 4. The molecule has 6 nitrogen and oxygen atoms in total. The third-order valence-electron chi connectivity index (χ3n) is 3.10. The lowest BCUT2D eigenvalue weighted by atomic mass is 10.2. The van der Waals surface area contributed by atoms with Crippen molar-refractivity contribution in [3.8, 4) is 0 Å². The number of carbonyl (C=O) groups excluding carboxylic acids is 1. The van der Waals surface area contributed by atoms with Crippen molar-refractivity contribution in [1.29, 1.82) is 0 Å². The molecule has 1 heterocycles. The van der Waals surface area contributed by atoms with Gasteiger partial charge >= 0.3 is 0 Å². The van der Waals surface area contributed by atoms with Crippen LogP contribution in [-0.2, 0) is 21.4 Å². The van der Waals surface area contributed by atoms with Gasteiger partial charge in [-0.25, -0.2) is 8.42 Å². The van der Waals surface area contributed by atoms with Gasteiger partial charge < -0.3 is 5.32 Å². The monoisotopic (exact) mass is 387 g/mol. The molecule has 1 amide bonds. The topological polar surface area (TPSA) is 79.4 Å². The summed E-state index contributed by atoms with van der Waals surface area (Å²) in [6, 6.07) is 8.00. The number of rotatable bonds is 6. The van der Waals surface area contributed by atoms with Crippen molar-refractivity contribution in [2.75, 3.05) is 18.1 Å². The van der Waals surface area contributed by atoms with Crippen molar-refractivity contribution < 1.29 is 13.2 Å². The highest BCUT2D eigenvalue weighted by Gasteiger charge is 2.21. The Morgan fingerprint density at radius 2 is 1.88 bits per heavy atom. The molecule has 0 aliphatic carbocycles. The van der Waals surface area contributed by atoms with E-state index in [-0.39, 0.29) is 13.1 Å². The number of hydrogen-bond donors (Lipinski definition) is 1. The van der Waals surface area contributed by atoms with Crippen molar-refractivity contribution >= 4 is 44.8 Å². The Kier molecular flexibility index (Phi) is 6.17. The van der Waals surface area contributed by atoms with E-state index < -0.39 is 15.9 Å². The SMILES string of the molecule is CS(=O)(=O)N(CC(=O)Nc1cc(Cl)ccc1Cl)Cc1ccncc1. The van der Waals surface area contributed by atoms with E-state index in [4.69, 9.17) is 23.2 Å². The zero-order valence-electron chi connectivity index (χ0n) is 12.7. The first kappa shape index (κ1) is 18.7. The number of sulfonamides is 1. The molecule has 1 aromatic heterocycles. The molecule has 0 radical (unpaired) electrons. The van der Waals surface area contributed by atoms with E-state index in [0.717, 1.165) is 16.1 Å². The highest BCUT2D eigenvalue weighted by molar-refractivity contribution is 7.88. The Labute approximate surface area is 150 Å². The zero-order valence-corrected chi connectivity index (χ0v) is 15.1. The molecule has 0 saturated heterocycles. The third-order valence-corrected chi connectivity index (χ3v) is 4.86. The molecule has 0 spiro atoms. The van der Waals surface area contributed by atoms with E-state index in [1.807, 2.05) is 0 Å². The maximum atomic E-state index is 12.2. The molecule has 2 aromatic rings. The number of amides is 1. The molecule has 0 bridgehead atoms. The largest absolute Gasteiger partial charge is 0.324 e. The number of halogens is 2. The second-order valence-electron chi connectivity index (χ2n) is 5.06. The summed E-state index contributed by atoms with van der Waals surface area (Å²) < 4.78 is 24.9. The molecule has 24 heavy (non-hydrogen) atoms. The van der Waals surface area contributed by atoms with Crippen molar-refractivity contribution in [3.05, 3.63) is 58.3 Å². The predicted octanol–water partition coefficient (Wildman–Crippen LogP) is 2.79. The second kappa shape index (κ2) is 7.94. The van der Waals surface area contributed by atoms with Crippen molar-refractivity contribution in [2.45, 2.75) is 6.54 Å². The summed E-state index contributed by atoms with van der Waals surface area (Å²) in [5.74, 6) is -0.515. The van der Waals surface area contributed by atoms with Gasteiger partial charge in [0.05, 0.1) is 23.5 Å². The van der Waals surface area contributed by atoms with Crippen LogP contribution in [0.15, 0.2) is 42.7 Å². The standard InChI is InChI=1S/C15H15Cl2N3O3S/c1-24(22,23)20(9-11-4-6-18-7-5-11)10-15(21)19-14-8-12(16)2-3-13(14)17/h2-8H,9-10H2,1H3,(H,19,21). The number of nitrogens with zero attached hydrogens (tertiary/aromatic N) is 2. The number of pyridine rings is 1. The number of nitrogens with one attached hydrogen (secondary N) is 1. The van der Waals surface area contributed by atoms with Crippen LogP contribution in [0.2, 0.25) is 10.0 Å². The van der Waals surface area contributed by atoms with Crippen LogP contribution in [-0.4, -0.2) is 36.4 Å². The summed E-state index contributed by atoms with van der Waals surface area (Å²) in [7, 11) is -3.58. The summed E-state index contributed by atoms with van der Waals surface area (Å²) in [6.07, 6.45) is 4.16. The molecule has 128 valence electrons. The van der Waals surface area contributed by atoms with Gasteiger partial charge in [-0.2, -0.15) is 4.31 Å². The molecule has 0 aliphatic heterocycles. The fourth-order valence-corrected chi connectivity index (χ4v) is 3.00. The molecule has 0 saturated carbocycles. The number of anilines is 1. The molecule has 1 aromatic carbocycles. The molecule has 0 atom stereocenters. The molecule has 2 rings (SSSR count). The van der Waals surface area contributed by atoms with Gasteiger partial charge in [0.25, 0.3) is 0 Å². The lowest BCUT2D eigenvalue weighted by molar-refractivity contribution is -0.116. The summed E-state index contributed by atoms with van der Waals surface area (Å²) in [4.78, 5) is 16.1. The van der Waals surface area contributed by atoms with Gasteiger partial charge in [-0.15, -0.1) is 0 Å². The number of benzene rings is 1. The van der Waals surface area contributed by atoms with Crippen LogP contribution < -0.4 is 5.32 Å². The van der Waals surface area contributed by atoms with Gasteiger partial charge in [-0.1, -0.05) is 23.2 Å². The Bertz CT molecular complexity index is 829. The van der Waals surface area contributed by atoms with Gasteiger partial charge in [0, 0.05) is 24.0 Å². The van der Waals surface area contributed by atoms with Crippen molar-refractivity contribution in [1.82, 2.24) is 9.29 Å². The van der Waals surface area contributed by atoms with Gasteiger partial charge in [0.15, 0.2) is 0 Å². The highest BCUT2D eigenvalue weighted by Crippen LogP contribution is 2.25. The number of aromatic nitrogens is 1. The average molecular weight is 388 g/mol. The minimum Gasteiger partial charge on any atom is -0.324 e. The minimum absolute atomic E-state index is 0.0675. The Hall–Kier alpha value is -1.67. The fourth-order valence-electron chi connectivity index (χ4n) is 1.93. The maximum absolute atomic E-state index is 12.2.